The number of piperidine rings is 1. The van der Waals surface area contributed by atoms with E-state index in [4.69, 9.17) is 9.72 Å². The molecule has 1 N–H and O–H groups in total. The Kier molecular flexibility index (Phi) is 6.06. The summed E-state index contributed by atoms with van der Waals surface area (Å²) in [6, 6.07) is 10.5. The molecule has 11 heteroatoms. The number of likely N-dealkylation sites (tertiary alicyclic amines) is 1. The summed E-state index contributed by atoms with van der Waals surface area (Å²) in [6.07, 6.45) is 8.13. The highest BCUT2D eigenvalue weighted by Gasteiger charge is 2.44. The number of nitrogens with zero attached hydrogens (tertiary/aromatic N) is 7. The van der Waals surface area contributed by atoms with Gasteiger partial charge >= 0.3 is 0 Å². The van der Waals surface area contributed by atoms with Crippen LogP contribution in [0.4, 0.5) is 15.9 Å². The van der Waals surface area contributed by atoms with E-state index in [9.17, 15) is 4.79 Å². The maximum absolute atomic E-state index is 15.4. The van der Waals surface area contributed by atoms with E-state index >= 15 is 4.39 Å². The standard InChI is InChI=1S/C30H27FN8O2/c1-3-27(40)38-13-18-4-5-19(14-38)28(18)22-6-7-23-29(36-22)30(34-15-32-23)37-24-10-17(2)25(12-21(24)31)41-20-8-9-39-26(11-20)33-16-35-39/h3,6-12,15-16,18-19,28H,1,4-5,13-14H2,2H3,(H,32,34,37)/t18-,19?,28-/m0/s1. The monoisotopic (exact) mass is 550 g/mol. The zero-order chi connectivity index (χ0) is 28.1. The van der Waals surface area contributed by atoms with Crippen LogP contribution >= 0.6 is 0 Å². The molecule has 1 saturated heterocycles. The fourth-order valence-corrected chi connectivity index (χ4v) is 6.23. The van der Waals surface area contributed by atoms with Gasteiger partial charge in [0.15, 0.2) is 11.5 Å². The Morgan fingerprint density at radius 2 is 1.93 bits per heavy atom. The van der Waals surface area contributed by atoms with E-state index in [1.165, 1.54) is 24.8 Å². The molecule has 4 aromatic heterocycles. The van der Waals surface area contributed by atoms with Crippen molar-refractivity contribution in [3.8, 4) is 11.5 Å². The van der Waals surface area contributed by atoms with E-state index in [2.05, 4.69) is 31.9 Å². The van der Waals surface area contributed by atoms with E-state index in [0.717, 1.165) is 24.1 Å². The fourth-order valence-electron chi connectivity index (χ4n) is 6.23. The van der Waals surface area contributed by atoms with Gasteiger partial charge in [0, 0.05) is 43.0 Å². The molecule has 2 fully saturated rings. The van der Waals surface area contributed by atoms with Crippen LogP contribution in [0.5, 0.6) is 11.5 Å². The van der Waals surface area contributed by atoms with Gasteiger partial charge in [0.1, 0.15) is 35.5 Å². The van der Waals surface area contributed by atoms with Crippen LogP contribution in [0.3, 0.4) is 0 Å². The second-order valence-corrected chi connectivity index (χ2v) is 10.6. The second kappa shape index (κ2) is 9.92. The van der Waals surface area contributed by atoms with Crippen LogP contribution < -0.4 is 10.1 Å². The Morgan fingerprint density at radius 1 is 1.10 bits per heavy atom. The normalized spacial score (nSPS) is 20.0. The molecule has 3 atom stereocenters. The molecule has 0 radical (unpaired) electrons. The molecule has 206 valence electrons. The number of ether oxygens (including phenoxy) is 1. The van der Waals surface area contributed by atoms with Crippen LogP contribution in [0, 0.1) is 24.6 Å². The maximum Gasteiger partial charge on any atom is 0.245 e. The van der Waals surface area contributed by atoms with Crippen LogP contribution in [-0.4, -0.2) is 53.4 Å². The van der Waals surface area contributed by atoms with Crippen LogP contribution in [0.15, 0.2) is 67.9 Å². The van der Waals surface area contributed by atoms with E-state index in [-0.39, 0.29) is 17.5 Å². The second-order valence-electron chi connectivity index (χ2n) is 10.6. The molecule has 7 rings (SSSR count). The highest BCUT2D eigenvalue weighted by molar-refractivity contribution is 5.88. The van der Waals surface area contributed by atoms with Crippen LogP contribution in [-0.2, 0) is 4.79 Å². The third-order valence-corrected chi connectivity index (χ3v) is 8.16. The molecule has 1 amide bonds. The van der Waals surface area contributed by atoms with Gasteiger partial charge in [-0.05, 0) is 67.5 Å². The predicted molar refractivity (Wildman–Crippen MR) is 151 cm³/mol. The Morgan fingerprint density at radius 3 is 2.73 bits per heavy atom. The molecular formula is C30H27FN8O2. The van der Waals surface area contributed by atoms with Gasteiger partial charge in [0.25, 0.3) is 0 Å². The van der Waals surface area contributed by atoms with Crippen molar-refractivity contribution in [1.29, 1.82) is 0 Å². The zero-order valence-corrected chi connectivity index (χ0v) is 22.4. The van der Waals surface area contributed by atoms with Gasteiger partial charge in [0.2, 0.25) is 5.91 Å². The number of aryl methyl sites for hydroxylation is 1. The number of rotatable bonds is 6. The summed E-state index contributed by atoms with van der Waals surface area (Å²) in [5.74, 6) is 1.75. The van der Waals surface area contributed by atoms with Crippen molar-refractivity contribution < 1.29 is 13.9 Å². The highest BCUT2D eigenvalue weighted by atomic mass is 19.1. The summed E-state index contributed by atoms with van der Waals surface area (Å²) in [5.41, 5.74) is 3.82. The first kappa shape index (κ1) is 25.1. The first-order valence-electron chi connectivity index (χ1n) is 13.5. The van der Waals surface area contributed by atoms with Crippen molar-refractivity contribution in [2.75, 3.05) is 18.4 Å². The molecule has 2 aliphatic rings. The number of benzene rings is 1. The Balaban J connectivity index is 1.16. The molecule has 2 bridgehead atoms. The number of anilines is 2. The Labute approximate surface area is 234 Å². The van der Waals surface area contributed by atoms with Crippen molar-refractivity contribution in [3.63, 3.8) is 0 Å². The molecule has 0 spiro atoms. The molecule has 5 heterocycles. The lowest BCUT2D eigenvalue weighted by Gasteiger charge is -2.37. The minimum Gasteiger partial charge on any atom is -0.457 e. The first-order valence-corrected chi connectivity index (χ1v) is 13.5. The molecular weight excluding hydrogens is 523 g/mol. The third kappa shape index (κ3) is 4.52. The number of nitrogens with one attached hydrogen (secondary N) is 1. The summed E-state index contributed by atoms with van der Waals surface area (Å²) in [5, 5.41) is 7.21. The van der Waals surface area contributed by atoms with Crippen LogP contribution in [0.25, 0.3) is 16.7 Å². The minimum atomic E-state index is -0.491. The summed E-state index contributed by atoms with van der Waals surface area (Å²) < 4.78 is 22.9. The summed E-state index contributed by atoms with van der Waals surface area (Å²) in [4.78, 5) is 32.1. The number of carbonyl (C=O) groups is 1. The Bertz CT molecular complexity index is 1810. The number of carbonyl (C=O) groups excluding carboxylic acids is 1. The number of pyridine rings is 2. The SMILES string of the molecule is C=CC(=O)N1CC2CC[C@@H](C1)[C@@H]2c1ccc2ncnc(Nc3cc(C)c(Oc4ccn5ncnc5c4)cc3F)c2n1. The summed E-state index contributed by atoms with van der Waals surface area (Å²) >= 11 is 0. The molecule has 1 aliphatic carbocycles. The van der Waals surface area contributed by atoms with Crippen molar-refractivity contribution in [3.05, 3.63) is 85.0 Å². The lowest BCUT2D eigenvalue weighted by atomic mass is 9.82. The van der Waals surface area contributed by atoms with Gasteiger partial charge in [0.05, 0.1) is 11.2 Å². The van der Waals surface area contributed by atoms with E-state index in [0.29, 0.717) is 58.9 Å². The van der Waals surface area contributed by atoms with Gasteiger partial charge in [-0.15, -0.1) is 0 Å². The van der Waals surface area contributed by atoms with Crippen LogP contribution in [0.2, 0.25) is 0 Å². The predicted octanol–water partition coefficient (Wildman–Crippen LogP) is 5.19. The molecule has 1 unspecified atom stereocenters. The molecule has 1 aliphatic heterocycles. The van der Waals surface area contributed by atoms with Crippen molar-refractivity contribution in [2.45, 2.75) is 25.7 Å². The summed E-state index contributed by atoms with van der Waals surface area (Å²) in [6.45, 7) is 6.90. The molecule has 1 aromatic carbocycles. The number of hydrogen-bond acceptors (Lipinski definition) is 8. The van der Waals surface area contributed by atoms with Gasteiger partial charge in [-0.2, -0.15) is 5.10 Å². The van der Waals surface area contributed by atoms with Gasteiger partial charge in [-0.25, -0.2) is 28.8 Å². The number of hydrogen-bond donors (Lipinski definition) is 1. The lowest BCUT2D eigenvalue weighted by Crippen LogP contribution is -2.43. The Hall–Kier alpha value is -4.93. The van der Waals surface area contributed by atoms with Crippen molar-refractivity contribution in [2.24, 2.45) is 11.8 Å². The first-order chi connectivity index (χ1) is 20.0. The van der Waals surface area contributed by atoms with E-state index in [1.807, 2.05) is 24.0 Å². The molecule has 41 heavy (non-hydrogen) atoms. The number of aromatic nitrogens is 6. The largest absolute Gasteiger partial charge is 0.457 e. The van der Waals surface area contributed by atoms with Crippen molar-refractivity contribution >= 4 is 34.1 Å². The van der Waals surface area contributed by atoms with Gasteiger partial charge in [-0.3, -0.25) is 4.79 Å². The van der Waals surface area contributed by atoms with Gasteiger partial charge < -0.3 is 15.0 Å². The topological polar surface area (TPSA) is 110 Å². The zero-order valence-electron chi connectivity index (χ0n) is 22.4. The number of halogens is 1. The maximum atomic E-state index is 15.4. The number of fused-ring (bicyclic) bond motifs is 4. The molecule has 1 saturated carbocycles. The lowest BCUT2D eigenvalue weighted by molar-refractivity contribution is -0.128. The molecule has 10 nitrogen and oxygen atoms in total. The van der Waals surface area contributed by atoms with Gasteiger partial charge in [-0.1, -0.05) is 6.58 Å². The molecule has 5 aromatic rings. The highest BCUT2D eigenvalue weighted by Crippen LogP contribution is 2.48. The quantitative estimate of drug-likeness (QED) is 0.288. The third-order valence-electron chi connectivity index (χ3n) is 8.16. The summed E-state index contributed by atoms with van der Waals surface area (Å²) in [7, 11) is 0. The minimum absolute atomic E-state index is 0.0168. The van der Waals surface area contributed by atoms with E-state index < -0.39 is 5.82 Å². The van der Waals surface area contributed by atoms with Crippen molar-refractivity contribution in [1.82, 2.24) is 34.4 Å². The average molecular weight is 551 g/mol. The van der Waals surface area contributed by atoms with E-state index in [1.54, 1.807) is 28.9 Å². The average Bonchev–Trinajstić information content (AvgIpc) is 3.55. The number of amides is 1. The smallest absolute Gasteiger partial charge is 0.245 e. The fraction of sp³-hybridized carbons (Fsp3) is 0.267. The van der Waals surface area contributed by atoms with Crippen LogP contribution in [0.1, 0.15) is 30.0 Å².